The van der Waals surface area contributed by atoms with Crippen LogP contribution < -0.4 is 14.8 Å². The molecule has 0 aliphatic heterocycles. The minimum atomic E-state index is -3.47. The van der Waals surface area contributed by atoms with Gasteiger partial charge in [0.25, 0.3) is 0 Å². The van der Waals surface area contributed by atoms with Gasteiger partial charge in [-0.1, -0.05) is 11.6 Å². The van der Waals surface area contributed by atoms with Crippen LogP contribution in [0.5, 0.6) is 5.75 Å². The zero-order valence-corrected chi connectivity index (χ0v) is 14.6. The second-order valence-corrected chi connectivity index (χ2v) is 7.13. The molecule has 2 rings (SSSR count). The summed E-state index contributed by atoms with van der Waals surface area (Å²) < 4.78 is 31.3. The second kappa shape index (κ2) is 7.20. The van der Waals surface area contributed by atoms with E-state index in [9.17, 15) is 8.42 Å². The molecule has 0 aliphatic rings. The lowest BCUT2D eigenvalue weighted by molar-refractivity contribution is 0.415. The van der Waals surface area contributed by atoms with E-state index in [2.05, 4.69) is 20.0 Å². The number of ether oxygens (including phenoxy) is 1. The van der Waals surface area contributed by atoms with Crippen LogP contribution in [-0.2, 0) is 10.0 Å². The van der Waals surface area contributed by atoms with Crippen molar-refractivity contribution in [1.29, 1.82) is 0 Å². The van der Waals surface area contributed by atoms with Crippen LogP contribution in [0.3, 0.4) is 0 Å². The topological polar surface area (TPSA) is 93.2 Å². The van der Waals surface area contributed by atoms with E-state index in [0.717, 1.165) is 0 Å². The molecule has 2 N–H and O–H groups in total. The Balaban J connectivity index is 2.43. The number of nitrogens with zero attached hydrogens (tertiary/aromatic N) is 2. The van der Waals surface area contributed by atoms with Crippen LogP contribution in [0, 0.1) is 0 Å². The predicted octanol–water partition coefficient (Wildman–Crippen LogP) is 3.30. The number of benzene rings is 1. The van der Waals surface area contributed by atoms with E-state index < -0.39 is 10.0 Å². The van der Waals surface area contributed by atoms with Crippen molar-refractivity contribution in [3.63, 3.8) is 0 Å². The highest BCUT2D eigenvalue weighted by atomic mass is 35.5. The van der Waals surface area contributed by atoms with Gasteiger partial charge in [-0.05, 0) is 30.7 Å². The van der Waals surface area contributed by atoms with Gasteiger partial charge in [0.2, 0.25) is 15.3 Å². The first-order valence-electron chi connectivity index (χ1n) is 6.48. The molecule has 124 valence electrons. The summed E-state index contributed by atoms with van der Waals surface area (Å²) in [5.74, 6) is 0.689. The van der Waals surface area contributed by atoms with Crippen LogP contribution in [-0.4, -0.2) is 31.2 Å². The highest BCUT2D eigenvalue weighted by molar-refractivity contribution is 7.92. The summed E-state index contributed by atoms with van der Waals surface area (Å²) >= 11 is 11.8. The van der Waals surface area contributed by atoms with Crippen molar-refractivity contribution in [2.75, 3.05) is 22.9 Å². The summed E-state index contributed by atoms with van der Waals surface area (Å²) in [6, 6.07) is 4.85. The monoisotopic (exact) mass is 376 g/mol. The lowest BCUT2D eigenvalue weighted by Crippen LogP contribution is -2.15. The summed E-state index contributed by atoms with van der Waals surface area (Å²) in [5, 5.41) is 3.19. The van der Waals surface area contributed by atoms with Gasteiger partial charge in [-0.15, -0.1) is 0 Å². The maximum atomic E-state index is 11.8. The zero-order valence-electron chi connectivity index (χ0n) is 12.3. The minimum absolute atomic E-state index is 0.0149. The number of aromatic nitrogens is 2. The van der Waals surface area contributed by atoms with Gasteiger partial charge in [-0.3, -0.25) is 4.72 Å². The Kier molecular flexibility index (Phi) is 5.51. The first kappa shape index (κ1) is 17.6. The Bertz CT molecular complexity index is 815. The largest absolute Gasteiger partial charge is 0.497 e. The molecule has 1 aromatic carbocycles. The Morgan fingerprint density at radius 1 is 1.26 bits per heavy atom. The molecule has 0 radical (unpaired) electrons. The molecular formula is C13H14Cl2N4O3S. The van der Waals surface area contributed by atoms with Crippen LogP contribution in [0.4, 0.5) is 17.2 Å². The summed E-state index contributed by atoms with van der Waals surface area (Å²) in [6.07, 6.45) is 1.35. The Morgan fingerprint density at radius 3 is 2.65 bits per heavy atom. The molecular weight excluding hydrogens is 363 g/mol. The van der Waals surface area contributed by atoms with Crippen LogP contribution in [0.15, 0.2) is 24.4 Å². The lowest BCUT2D eigenvalue weighted by Gasteiger charge is -2.15. The molecule has 1 heterocycles. The number of hydrogen-bond donors (Lipinski definition) is 2. The normalized spacial score (nSPS) is 11.1. The average molecular weight is 377 g/mol. The van der Waals surface area contributed by atoms with E-state index in [0.29, 0.717) is 17.1 Å². The molecule has 0 unspecified atom stereocenters. The van der Waals surface area contributed by atoms with Gasteiger partial charge < -0.3 is 10.1 Å². The molecule has 10 heteroatoms. The Labute approximate surface area is 144 Å². The van der Waals surface area contributed by atoms with E-state index in [1.807, 2.05) is 0 Å². The number of hydrogen-bond acceptors (Lipinski definition) is 6. The predicted molar refractivity (Wildman–Crippen MR) is 91.4 cm³/mol. The van der Waals surface area contributed by atoms with Gasteiger partial charge in [-0.25, -0.2) is 13.4 Å². The van der Waals surface area contributed by atoms with Crippen molar-refractivity contribution < 1.29 is 13.2 Å². The summed E-state index contributed by atoms with van der Waals surface area (Å²) in [4.78, 5) is 7.73. The van der Waals surface area contributed by atoms with E-state index in [-0.39, 0.29) is 21.9 Å². The molecule has 23 heavy (non-hydrogen) atoms. The molecule has 0 amide bonds. The third kappa shape index (κ3) is 4.60. The van der Waals surface area contributed by atoms with Crippen molar-refractivity contribution in [2.24, 2.45) is 0 Å². The number of sulfonamides is 1. The molecule has 0 aliphatic carbocycles. The van der Waals surface area contributed by atoms with Crippen LogP contribution in [0.1, 0.15) is 6.92 Å². The molecule has 0 saturated heterocycles. The average Bonchev–Trinajstić information content (AvgIpc) is 2.52. The van der Waals surface area contributed by atoms with Crippen molar-refractivity contribution in [2.45, 2.75) is 6.92 Å². The maximum absolute atomic E-state index is 11.8. The van der Waals surface area contributed by atoms with Crippen molar-refractivity contribution >= 4 is 50.4 Å². The van der Waals surface area contributed by atoms with Gasteiger partial charge in [0.1, 0.15) is 10.8 Å². The molecule has 0 saturated carbocycles. The maximum Gasteiger partial charge on any atom is 0.232 e. The van der Waals surface area contributed by atoms with Gasteiger partial charge in [0.15, 0.2) is 5.82 Å². The van der Waals surface area contributed by atoms with Gasteiger partial charge >= 0.3 is 0 Å². The second-order valence-electron chi connectivity index (χ2n) is 4.38. The molecule has 0 spiro atoms. The zero-order chi connectivity index (χ0) is 17.0. The Morgan fingerprint density at radius 2 is 2.00 bits per heavy atom. The van der Waals surface area contributed by atoms with Gasteiger partial charge in [-0.2, -0.15) is 4.98 Å². The third-order valence-corrected chi connectivity index (χ3v) is 4.59. The minimum Gasteiger partial charge on any atom is -0.497 e. The van der Waals surface area contributed by atoms with E-state index in [4.69, 9.17) is 27.9 Å². The SMILES string of the molecule is CCS(=O)(=O)Nc1cc(OC)ccc1Nc1nc(Cl)ncc1Cl. The van der Waals surface area contributed by atoms with Crippen molar-refractivity contribution in [3.8, 4) is 5.75 Å². The fourth-order valence-electron chi connectivity index (χ4n) is 1.64. The molecule has 0 bridgehead atoms. The summed E-state index contributed by atoms with van der Waals surface area (Å²) in [7, 11) is -1.98. The standard InChI is InChI=1S/C13H14Cl2N4O3S/c1-3-23(20,21)19-11-6-8(22-2)4-5-10(11)17-12-9(14)7-16-13(15)18-12/h4-7,19H,3H2,1-2H3,(H,16,17,18). The van der Waals surface area contributed by atoms with Crippen molar-refractivity contribution in [1.82, 2.24) is 9.97 Å². The molecule has 0 fully saturated rings. The highest BCUT2D eigenvalue weighted by Gasteiger charge is 2.14. The van der Waals surface area contributed by atoms with Gasteiger partial charge in [0, 0.05) is 6.07 Å². The third-order valence-electron chi connectivity index (χ3n) is 2.84. The molecule has 2 aromatic rings. The number of methoxy groups -OCH3 is 1. The number of nitrogens with one attached hydrogen (secondary N) is 2. The fraction of sp³-hybridized carbons (Fsp3) is 0.231. The van der Waals surface area contributed by atoms with E-state index >= 15 is 0 Å². The first-order chi connectivity index (χ1) is 10.8. The summed E-state index contributed by atoms with van der Waals surface area (Å²) in [6.45, 7) is 1.54. The first-order valence-corrected chi connectivity index (χ1v) is 8.89. The fourth-order valence-corrected chi connectivity index (χ4v) is 2.56. The van der Waals surface area contributed by atoms with Crippen molar-refractivity contribution in [3.05, 3.63) is 34.7 Å². The smallest absolute Gasteiger partial charge is 0.232 e. The molecule has 1 aromatic heterocycles. The number of rotatable bonds is 6. The number of halogens is 2. The van der Waals surface area contributed by atoms with Crippen LogP contribution in [0.2, 0.25) is 10.3 Å². The molecule has 0 atom stereocenters. The van der Waals surface area contributed by atoms with E-state index in [1.54, 1.807) is 18.2 Å². The quantitative estimate of drug-likeness (QED) is 0.751. The summed E-state index contributed by atoms with van der Waals surface area (Å²) in [5.41, 5.74) is 0.747. The highest BCUT2D eigenvalue weighted by Crippen LogP contribution is 2.32. The Hall–Kier alpha value is -1.77. The van der Waals surface area contributed by atoms with E-state index in [1.165, 1.54) is 20.2 Å². The van der Waals surface area contributed by atoms with Gasteiger partial charge in [0.05, 0.1) is 30.4 Å². The number of anilines is 3. The lowest BCUT2D eigenvalue weighted by atomic mass is 10.2. The van der Waals surface area contributed by atoms with Crippen LogP contribution >= 0.6 is 23.2 Å². The van der Waals surface area contributed by atoms with Crippen LogP contribution in [0.25, 0.3) is 0 Å². The molecule has 7 nitrogen and oxygen atoms in total.